The van der Waals surface area contributed by atoms with Crippen LogP contribution >= 0.6 is 0 Å². The van der Waals surface area contributed by atoms with Crippen LogP contribution in [0.25, 0.3) is 0 Å². The van der Waals surface area contributed by atoms with Gasteiger partial charge in [0.25, 0.3) is 0 Å². The normalized spacial score (nSPS) is 17.3. The van der Waals surface area contributed by atoms with E-state index in [4.69, 9.17) is 5.11 Å². The number of ether oxygens (including phenoxy) is 1. The number of alkyl carbamates (subject to hydrolysis) is 1. The van der Waals surface area contributed by atoms with E-state index >= 15 is 0 Å². The SMILES string of the molecule is CCOC(=O)N[C@@H](CS(=O)CC(=O)N1CC([N+](=O)[O-])([N+](=O)[O-])C1)C(=O)O. The number of carboxylic acid groups (broad SMARTS) is 1. The number of carboxylic acids is 1. The van der Waals surface area contributed by atoms with Crippen LogP contribution in [0.5, 0.6) is 0 Å². The quantitative estimate of drug-likeness (QED) is 0.250. The number of nitro groups is 2. The van der Waals surface area contributed by atoms with Crippen LogP contribution in [-0.4, -0.2) is 84.9 Å². The van der Waals surface area contributed by atoms with Crippen molar-refractivity contribution in [2.24, 2.45) is 0 Å². The van der Waals surface area contributed by atoms with Gasteiger partial charge in [-0.3, -0.25) is 29.2 Å². The first-order valence-electron chi connectivity index (χ1n) is 7.11. The lowest BCUT2D eigenvalue weighted by Crippen LogP contribution is -2.71. The summed E-state index contributed by atoms with van der Waals surface area (Å²) in [5, 5.41) is 32.5. The number of rotatable bonds is 9. The van der Waals surface area contributed by atoms with E-state index in [0.29, 0.717) is 0 Å². The van der Waals surface area contributed by atoms with E-state index in [1.54, 1.807) is 0 Å². The first kappa shape index (κ1) is 21.2. The molecule has 146 valence electrons. The number of hydrogen-bond donors (Lipinski definition) is 2. The lowest BCUT2D eigenvalue weighted by Gasteiger charge is -2.35. The highest BCUT2D eigenvalue weighted by molar-refractivity contribution is 7.85. The van der Waals surface area contributed by atoms with E-state index in [-0.39, 0.29) is 6.61 Å². The van der Waals surface area contributed by atoms with Crippen LogP contribution in [-0.2, 0) is 25.1 Å². The van der Waals surface area contributed by atoms with E-state index in [1.807, 2.05) is 5.32 Å². The monoisotopic (exact) mass is 396 g/mol. The number of carbonyl (C=O) groups is 3. The van der Waals surface area contributed by atoms with Crippen LogP contribution in [0, 0.1) is 20.2 Å². The molecule has 0 saturated carbocycles. The minimum atomic E-state index is -2.48. The molecule has 1 saturated heterocycles. The first-order valence-corrected chi connectivity index (χ1v) is 8.60. The number of hydrogen-bond acceptors (Lipinski definition) is 9. The molecule has 2 amide bonds. The molecule has 14 nitrogen and oxygen atoms in total. The van der Waals surface area contributed by atoms with Crippen LogP contribution in [0.15, 0.2) is 0 Å². The third-order valence-corrected chi connectivity index (χ3v) is 4.70. The van der Waals surface area contributed by atoms with Crippen LogP contribution in [0.4, 0.5) is 4.79 Å². The van der Waals surface area contributed by atoms with Gasteiger partial charge in [0.2, 0.25) is 5.91 Å². The fraction of sp³-hybridized carbons (Fsp3) is 0.727. The summed E-state index contributed by atoms with van der Waals surface area (Å²) in [6.07, 6.45) is -1.03. The number of aliphatic carboxylic acids is 1. The molecule has 1 unspecified atom stereocenters. The number of nitrogens with one attached hydrogen (secondary N) is 1. The van der Waals surface area contributed by atoms with Crippen molar-refractivity contribution in [2.75, 3.05) is 31.2 Å². The third kappa shape index (κ3) is 4.84. The Balaban J connectivity index is 2.58. The highest BCUT2D eigenvalue weighted by Gasteiger charge is 2.67. The Morgan fingerprint density at radius 2 is 1.85 bits per heavy atom. The largest absolute Gasteiger partial charge is 0.492 e. The summed E-state index contributed by atoms with van der Waals surface area (Å²) in [7, 11) is -2.04. The van der Waals surface area contributed by atoms with Crippen molar-refractivity contribution in [1.82, 2.24) is 10.2 Å². The van der Waals surface area contributed by atoms with Gasteiger partial charge >= 0.3 is 17.7 Å². The van der Waals surface area contributed by atoms with Crippen molar-refractivity contribution in [1.29, 1.82) is 0 Å². The molecule has 0 aliphatic carbocycles. The van der Waals surface area contributed by atoms with Crippen molar-refractivity contribution >= 4 is 28.8 Å². The van der Waals surface area contributed by atoms with E-state index < -0.39 is 74.9 Å². The molecule has 0 bridgehead atoms. The zero-order valence-corrected chi connectivity index (χ0v) is 14.3. The van der Waals surface area contributed by atoms with Crippen molar-refractivity contribution in [3.8, 4) is 0 Å². The molecule has 15 heteroatoms. The molecular formula is C11H16N4O10S. The number of likely N-dealkylation sites (tertiary alicyclic amines) is 1. The highest BCUT2D eigenvalue weighted by Crippen LogP contribution is 2.25. The standard InChI is InChI=1S/C11H16N4O10S/c1-2-25-10(19)12-7(9(17)18)3-26(24)4-8(16)13-5-11(6-13,14(20)21)15(22)23/h7H,2-6H2,1H3,(H,12,19)(H,17,18)/t7-,26?/m0/s1. The second-order valence-electron chi connectivity index (χ2n) is 5.25. The Hall–Kier alpha value is -2.84. The molecule has 0 radical (unpaired) electrons. The van der Waals surface area contributed by atoms with Gasteiger partial charge in [0, 0.05) is 10.8 Å². The molecule has 0 aromatic carbocycles. The summed E-state index contributed by atoms with van der Waals surface area (Å²) < 4.78 is 16.4. The number of amides is 2. The predicted octanol–water partition coefficient (Wildman–Crippen LogP) is -1.97. The molecule has 26 heavy (non-hydrogen) atoms. The van der Waals surface area contributed by atoms with Gasteiger partial charge in [-0.1, -0.05) is 0 Å². The maximum Gasteiger partial charge on any atom is 0.492 e. The summed E-state index contributed by atoms with van der Waals surface area (Å²) in [4.78, 5) is 54.3. The molecular weight excluding hydrogens is 380 g/mol. The average Bonchev–Trinajstić information content (AvgIpc) is 2.44. The van der Waals surface area contributed by atoms with Gasteiger partial charge in [0.05, 0.1) is 12.4 Å². The molecule has 1 aliphatic heterocycles. The van der Waals surface area contributed by atoms with E-state index in [9.17, 15) is 38.8 Å². The molecule has 1 heterocycles. The van der Waals surface area contributed by atoms with Gasteiger partial charge in [-0.2, -0.15) is 0 Å². The fourth-order valence-electron chi connectivity index (χ4n) is 2.00. The minimum Gasteiger partial charge on any atom is -0.480 e. The molecule has 0 spiro atoms. The van der Waals surface area contributed by atoms with Crippen LogP contribution in [0.2, 0.25) is 0 Å². The summed E-state index contributed by atoms with van der Waals surface area (Å²) in [5.41, 5.74) is -2.48. The Labute approximate surface area is 148 Å². The second kappa shape index (κ2) is 8.50. The van der Waals surface area contributed by atoms with Crippen molar-refractivity contribution in [3.63, 3.8) is 0 Å². The Morgan fingerprint density at radius 1 is 1.31 bits per heavy atom. The van der Waals surface area contributed by atoms with Gasteiger partial charge in [-0.25, -0.2) is 9.59 Å². The molecule has 1 aliphatic rings. The van der Waals surface area contributed by atoms with Crippen molar-refractivity contribution in [2.45, 2.75) is 18.6 Å². The van der Waals surface area contributed by atoms with Gasteiger partial charge < -0.3 is 20.1 Å². The summed E-state index contributed by atoms with van der Waals surface area (Å²) in [6.45, 7) is -0.0581. The van der Waals surface area contributed by atoms with Crippen molar-refractivity contribution in [3.05, 3.63) is 20.2 Å². The molecule has 1 rings (SSSR count). The zero-order chi connectivity index (χ0) is 20.1. The number of carbonyl (C=O) groups excluding carboxylic acids is 2. The lowest BCUT2D eigenvalue weighted by atomic mass is 10.0. The summed E-state index contributed by atoms with van der Waals surface area (Å²) in [6, 6.07) is -1.57. The van der Waals surface area contributed by atoms with Gasteiger partial charge in [-0.05, 0) is 6.92 Å². The Morgan fingerprint density at radius 3 is 2.27 bits per heavy atom. The maximum absolute atomic E-state index is 11.9. The van der Waals surface area contributed by atoms with E-state index in [2.05, 4.69) is 4.74 Å². The molecule has 2 N–H and O–H groups in total. The van der Waals surface area contributed by atoms with Gasteiger partial charge in [0.15, 0.2) is 13.1 Å². The second-order valence-corrected chi connectivity index (χ2v) is 6.75. The maximum atomic E-state index is 11.9. The van der Waals surface area contributed by atoms with Crippen molar-refractivity contribution < 1.29 is 38.3 Å². The smallest absolute Gasteiger partial charge is 0.480 e. The van der Waals surface area contributed by atoms with Gasteiger partial charge in [-0.15, -0.1) is 0 Å². The molecule has 1 fully saturated rings. The third-order valence-electron chi connectivity index (χ3n) is 3.42. The van der Waals surface area contributed by atoms with E-state index in [0.717, 1.165) is 4.90 Å². The Kier molecular flexibility index (Phi) is 6.93. The minimum absolute atomic E-state index is 0.0106. The lowest BCUT2D eigenvalue weighted by molar-refractivity contribution is -0.809. The van der Waals surface area contributed by atoms with Crippen LogP contribution in [0.1, 0.15) is 6.92 Å². The molecule has 2 atom stereocenters. The average molecular weight is 396 g/mol. The van der Waals surface area contributed by atoms with Crippen LogP contribution in [0.3, 0.4) is 0 Å². The number of nitrogens with zero attached hydrogens (tertiary/aromatic N) is 3. The first-order chi connectivity index (χ1) is 12.0. The van der Waals surface area contributed by atoms with Gasteiger partial charge in [0.1, 0.15) is 21.6 Å². The summed E-state index contributed by atoms with van der Waals surface area (Å²) >= 11 is 0. The molecule has 0 aromatic heterocycles. The predicted molar refractivity (Wildman–Crippen MR) is 82.8 cm³/mol. The topological polar surface area (TPSA) is 199 Å². The van der Waals surface area contributed by atoms with Crippen LogP contribution < -0.4 is 5.32 Å². The Bertz CT molecular complexity index is 631. The molecule has 0 aromatic rings. The highest BCUT2D eigenvalue weighted by atomic mass is 32.2. The summed E-state index contributed by atoms with van der Waals surface area (Å²) in [5.74, 6) is -3.66. The fourth-order valence-corrected chi connectivity index (χ4v) is 3.18. The zero-order valence-electron chi connectivity index (χ0n) is 13.5. The van der Waals surface area contributed by atoms with E-state index in [1.165, 1.54) is 6.92 Å².